The summed E-state index contributed by atoms with van der Waals surface area (Å²) in [5.74, 6) is -3.90. The lowest BCUT2D eigenvalue weighted by molar-refractivity contribution is -0.141. The topological polar surface area (TPSA) is 35.5 Å². The molecule has 3 rings (SSSR count). The van der Waals surface area contributed by atoms with E-state index in [1.54, 1.807) is 0 Å². The van der Waals surface area contributed by atoms with Crippen LogP contribution in [0.15, 0.2) is 12.1 Å². The van der Waals surface area contributed by atoms with Crippen molar-refractivity contribution in [1.82, 2.24) is 0 Å². The normalized spacial score (nSPS) is 24.9. The molecule has 0 spiro atoms. The number of hydrogen-bond acceptors (Lipinski definition) is 3. The number of hydrogen-bond donors (Lipinski definition) is 0. The van der Waals surface area contributed by atoms with Crippen molar-refractivity contribution < 1.29 is 27.4 Å². The highest BCUT2D eigenvalue weighted by Crippen LogP contribution is 2.34. The van der Waals surface area contributed by atoms with E-state index in [4.69, 9.17) is 9.47 Å². The molecule has 0 amide bonds. The zero-order valence-corrected chi connectivity index (χ0v) is 21.3. The number of rotatable bonds is 13. The van der Waals surface area contributed by atoms with Crippen LogP contribution >= 0.6 is 0 Å². The molecular formula is C29H43F3O3. The lowest BCUT2D eigenvalue weighted by Crippen LogP contribution is -2.30. The summed E-state index contributed by atoms with van der Waals surface area (Å²) in [4.78, 5) is 12.4. The van der Waals surface area contributed by atoms with Crippen LogP contribution in [0.2, 0.25) is 0 Å². The molecule has 0 N–H and O–H groups in total. The van der Waals surface area contributed by atoms with Gasteiger partial charge in [0.2, 0.25) is 0 Å². The van der Waals surface area contributed by atoms with E-state index >= 15 is 0 Å². The Kier molecular flexibility index (Phi) is 11.9. The summed E-state index contributed by atoms with van der Waals surface area (Å²) in [6.07, 6.45) is 19.2. The summed E-state index contributed by atoms with van der Waals surface area (Å²) in [6, 6.07) is 1.41. The predicted molar refractivity (Wildman–Crippen MR) is 132 cm³/mol. The van der Waals surface area contributed by atoms with Crippen LogP contribution in [0.25, 0.3) is 0 Å². The van der Waals surface area contributed by atoms with E-state index in [0.29, 0.717) is 30.9 Å². The SMILES string of the molecule is CCCCCCCCC[C@H]1CC[C@H](CO[C@H]2CC[C@H](C(=O)Oc3cc(F)c(F)c(F)c3)CC2)CC1. The molecule has 2 aliphatic carbocycles. The molecule has 35 heavy (non-hydrogen) atoms. The first-order valence-electron chi connectivity index (χ1n) is 13.9. The molecule has 1 aromatic rings. The number of carbonyl (C=O) groups is 1. The first-order valence-corrected chi connectivity index (χ1v) is 13.9. The fraction of sp³-hybridized carbons (Fsp3) is 0.759. The van der Waals surface area contributed by atoms with Gasteiger partial charge in [0, 0.05) is 18.7 Å². The van der Waals surface area contributed by atoms with E-state index in [1.807, 2.05) is 0 Å². The highest BCUT2D eigenvalue weighted by atomic mass is 19.2. The highest BCUT2D eigenvalue weighted by Gasteiger charge is 2.29. The second-order valence-electron chi connectivity index (χ2n) is 10.7. The minimum Gasteiger partial charge on any atom is -0.426 e. The average Bonchev–Trinajstić information content (AvgIpc) is 2.86. The first-order chi connectivity index (χ1) is 17.0. The van der Waals surface area contributed by atoms with Crippen LogP contribution in [0.5, 0.6) is 5.75 Å². The summed E-state index contributed by atoms with van der Waals surface area (Å²) in [7, 11) is 0. The minimum atomic E-state index is -1.57. The van der Waals surface area contributed by atoms with Gasteiger partial charge in [0.15, 0.2) is 17.5 Å². The van der Waals surface area contributed by atoms with Crippen molar-refractivity contribution >= 4 is 5.97 Å². The summed E-state index contributed by atoms with van der Waals surface area (Å²) >= 11 is 0. The molecule has 3 nitrogen and oxygen atoms in total. The molecule has 0 bridgehead atoms. The van der Waals surface area contributed by atoms with Crippen molar-refractivity contribution in [3.8, 4) is 5.75 Å². The summed E-state index contributed by atoms with van der Waals surface area (Å²) < 4.78 is 51.1. The monoisotopic (exact) mass is 496 g/mol. The Hall–Kier alpha value is -1.56. The molecule has 0 unspecified atom stereocenters. The lowest BCUT2D eigenvalue weighted by atomic mass is 9.80. The fourth-order valence-corrected chi connectivity index (χ4v) is 5.60. The standard InChI is InChI=1S/C29H43F3O3/c1-2-3-4-5-6-7-8-9-21-10-12-22(13-11-21)20-34-24-16-14-23(15-17-24)29(33)35-25-18-26(30)28(32)27(31)19-25/h18-19,21-24H,2-17,20H2,1H3/t21-,22-,23-,24-. The fourth-order valence-electron chi connectivity index (χ4n) is 5.60. The molecule has 6 heteroatoms. The van der Waals surface area contributed by atoms with Crippen LogP contribution in [0.3, 0.4) is 0 Å². The van der Waals surface area contributed by atoms with E-state index in [2.05, 4.69) is 6.92 Å². The van der Waals surface area contributed by atoms with Gasteiger partial charge in [0.25, 0.3) is 0 Å². The third kappa shape index (κ3) is 9.44. The van der Waals surface area contributed by atoms with Crippen molar-refractivity contribution in [2.24, 2.45) is 17.8 Å². The van der Waals surface area contributed by atoms with Crippen LogP contribution in [0, 0.1) is 35.2 Å². The third-order valence-electron chi connectivity index (χ3n) is 7.93. The van der Waals surface area contributed by atoms with Gasteiger partial charge in [-0.05, 0) is 50.4 Å². The number of halogens is 3. The van der Waals surface area contributed by atoms with Crippen LogP contribution in [-0.2, 0) is 9.53 Å². The smallest absolute Gasteiger partial charge is 0.314 e. The Balaban J connectivity index is 1.25. The summed E-state index contributed by atoms with van der Waals surface area (Å²) in [5.41, 5.74) is 0. The Morgan fingerprint density at radius 3 is 2.00 bits per heavy atom. The Morgan fingerprint density at radius 2 is 1.37 bits per heavy atom. The van der Waals surface area contributed by atoms with E-state index in [0.717, 1.165) is 25.4 Å². The lowest BCUT2D eigenvalue weighted by Gasteiger charge is -2.31. The van der Waals surface area contributed by atoms with Gasteiger partial charge in [0.05, 0.1) is 12.0 Å². The van der Waals surface area contributed by atoms with Crippen molar-refractivity contribution in [1.29, 1.82) is 0 Å². The molecule has 1 aromatic carbocycles. The van der Waals surface area contributed by atoms with Crippen LogP contribution < -0.4 is 4.74 Å². The van der Waals surface area contributed by atoms with Gasteiger partial charge in [0.1, 0.15) is 5.75 Å². The predicted octanol–water partition coefficient (Wildman–Crippen LogP) is 8.53. The average molecular weight is 497 g/mol. The number of carbonyl (C=O) groups excluding carboxylic acids is 1. The second kappa shape index (κ2) is 14.9. The summed E-state index contributed by atoms with van der Waals surface area (Å²) in [5, 5.41) is 0. The van der Waals surface area contributed by atoms with E-state index in [-0.39, 0.29) is 17.8 Å². The van der Waals surface area contributed by atoms with Gasteiger partial charge < -0.3 is 9.47 Å². The number of benzene rings is 1. The van der Waals surface area contributed by atoms with Gasteiger partial charge in [-0.3, -0.25) is 4.79 Å². The maximum Gasteiger partial charge on any atom is 0.314 e. The van der Waals surface area contributed by atoms with E-state index in [9.17, 15) is 18.0 Å². The van der Waals surface area contributed by atoms with E-state index < -0.39 is 23.4 Å². The molecule has 0 saturated heterocycles. The van der Waals surface area contributed by atoms with Gasteiger partial charge in [-0.2, -0.15) is 0 Å². The molecule has 198 valence electrons. The maximum absolute atomic E-state index is 13.3. The molecule has 0 radical (unpaired) electrons. The van der Waals surface area contributed by atoms with Crippen molar-refractivity contribution in [2.45, 2.75) is 116 Å². The quantitative estimate of drug-likeness (QED) is 0.119. The highest BCUT2D eigenvalue weighted by molar-refractivity contribution is 5.75. The Labute approximate surface area is 209 Å². The molecule has 0 heterocycles. The van der Waals surface area contributed by atoms with Gasteiger partial charge in [-0.25, -0.2) is 13.2 Å². The van der Waals surface area contributed by atoms with Gasteiger partial charge in [-0.15, -0.1) is 0 Å². The van der Waals surface area contributed by atoms with Gasteiger partial charge in [-0.1, -0.05) is 71.1 Å². The van der Waals surface area contributed by atoms with Crippen molar-refractivity contribution in [3.63, 3.8) is 0 Å². The molecular weight excluding hydrogens is 453 g/mol. The summed E-state index contributed by atoms with van der Waals surface area (Å²) in [6.45, 7) is 3.07. The molecule has 0 atom stereocenters. The second-order valence-corrected chi connectivity index (χ2v) is 10.7. The number of unbranched alkanes of at least 4 members (excludes halogenated alkanes) is 6. The maximum atomic E-state index is 13.3. The molecule has 0 aliphatic heterocycles. The molecule has 0 aromatic heterocycles. The van der Waals surface area contributed by atoms with Crippen molar-refractivity contribution in [3.05, 3.63) is 29.6 Å². The minimum absolute atomic E-state index is 0.158. The van der Waals surface area contributed by atoms with Crippen LogP contribution in [-0.4, -0.2) is 18.7 Å². The van der Waals surface area contributed by atoms with Crippen molar-refractivity contribution in [2.75, 3.05) is 6.61 Å². The number of ether oxygens (including phenoxy) is 2. The third-order valence-corrected chi connectivity index (χ3v) is 7.93. The van der Waals surface area contributed by atoms with Crippen LogP contribution in [0.1, 0.15) is 110 Å². The molecule has 2 saturated carbocycles. The van der Waals surface area contributed by atoms with Crippen LogP contribution in [0.4, 0.5) is 13.2 Å². The molecule has 2 fully saturated rings. The zero-order valence-electron chi connectivity index (χ0n) is 21.3. The van der Waals surface area contributed by atoms with E-state index in [1.165, 1.54) is 77.0 Å². The Bertz CT molecular complexity index is 745. The Morgan fingerprint density at radius 1 is 0.800 bits per heavy atom. The van der Waals surface area contributed by atoms with Gasteiger partial charge >= 0.3 is 5.97 Å². The number of esters is 1. The molecule has 2 aliphatic rings. The largest absolute Gasteiger partial charge is 0.426 e. The zero-order chi connectivity index (χ0) is 25.0. The first kappa shape index (κ1) is 28.0.